The number of piperidine rings is 1. The minimum Gasteiger partial charge on any atom is -0.497 e. The Balaban J connectivity index is 1.22. The monoisotopic (exact) mass is 497 g/mol. The molecule has 1 saturated heterocycles. The summed E-state index contributed by atoms with van der Waals surface area (Å²) in [4.78, 5) is 39.6. The van der Waals surface area contributed by atoms with Gasteiger partial charge in [-0.3, -0.25) is 14.4 Å². The molecule has 2 heterocycles. The largest absolute Gasteiger partial charge is 0.497 e. The molecule has 0 atom stereocenters. The fourth-order valence-corrected chi connectivity index (χ4v) is 5.07. The molecular weight excluding hydrogens is 466 g/mol. The first-order valence-corrected chi connectivity index (χ1v) is 12.9. The summed E-state index contributed by atoms with van der Waals surface area (Å²) in [6.45, 7) is 1.64. The van der Waals surface area contributed by atoms with Gasteiger partial charge in [0.05, 0.1) is 7.11 Å². The van der Waals surface area contributed by atoms with Crippen molar-refractivity contribution in [1.82, 2.24) is 20.4 Å². The number of allylic oxidation sites excluding steroid dienone is 1. The van der Waals surface area contributed by atoms with Crippen molar-refractivity contribution in [3.63, 3.8) is 0 Å². The van der Waals surface area contributed by atoms with E-state index < -0.39 is 5.91 Å². The summed E-state index contributed by atoms with van der Waals surface area (Å²) in [5.74, 6) is -0.00752. The third kappa shape index (κ3) is 6.66. The van der Waals surface area contributed by atoms with E-state index >= 15 is 0 Å². The summed E-state index contributed by atoms with van der Waals surface area (Å²) >= 11 is 0.967. The van der Waals surface area contributed by atoms with E-state index in [1.54, 1.807) is 36.3 Å². The molecule has 1 aliphatic heterocycles. The van der Waals surface area contributed by atoms with Gasteiger partial charge in [0.2, 0.25) is 15.9 Å². The van der Waals surface area contributed by atoms with Crippen LogP contribution in [0.1, 0.15) is 64.6 Å². The number of carbonyl (C=O) groups is 3. The van der Waals surface area contributed by atoms with Crippen LogP contribution in [0.25, 0.3) is 0 Å². The molecule has 1 fully saturated rings. The predicted molar refractivity (Wildman–Crippen MR) is 134 cm³/mol. The standard InChI is InChI=1S/C25H31N5O4S/c1-34-20-9-7-19(8-10-20)27-22(32)23-28-29-24(35-23)25(33)30-15-12-18(13-16-30)21(31)26-14-11-17-5-3-2-4-6-17/h5,7-10,18H,2-4,6,11-16H2,1H3,(H,26,31)(H,27,32). The molecule has 10 heteroatoms. The second kappa shape index (κ2) is 11.9. The van der Waals surface area contributed by atoms with E-state index in [1.165, 1.54) is 18.4 Å². The highest BCUT2D eigenvalue weighted by Gasteiger charge is 2.29. The summed E-state index contributed by atoms with van der Waals surface area (Å²) in [5, 5.41) is 13.9. The van der Waals surface area contributed by atoms with E-state index in [2.05, 4.69) is 26.9 Å². The Morgan fingerprint density at radius 1 is 1.09 bits per heavy atom. The molecule has 4 rings (SSSR count). The zero-order valence-electron chi connectivity index (χ0n) is 19.9. The van der Waals surface area contributed by atoms with Gasteiger partial charge in [-0.2, -0.15) is 0 Å². The number of likely N-dealkylation sites (tertiary alicyclic amines) is 1. The second-order valence-corrected chi connectivity index (χ2v) is 9.79. The summed E-state index contributed by atoms with van der Waals surface area (Å²) in [5.41, 5.74) is 2.04. The number of amides is 3. The minimum atomic E-state index is -0.425. The number of ether oxygens (including phenoxy) is 1. The molecule has 1 aromatic carbocycles. The van der Waals surface area contributed by atoms with E-state index in [4.69, 9.17) is 4.74 Å². The number of nitrogens with zero attached hydrogens (tertiary/aromatic N) is 3. The van der Waals surface area contributed by atoms with Crippen LogP contribution in [0.3, 0.4) is 0 Å². The first kappa shape index (κ1) is 24.8. The lowest BCUT2D eigenvalue weighted by atomic mass is 9.95. The molecule has 0 bridgehead atoms. The molecule has 1 aliphatic carbocycles. The van der Waals surface area contributed by atoms with E-state index in [1.807, 2.05) is 0 Å². The van der Waals surface area contributed by atoms with Crippen LogP contribution in [0.5, 0.6) is 5.75 Å². The van der Waals surface area contributed by atoms with Crippen molar-refractivity contribution in [3.8, 4) is 5.75 Å². The number of benzene rings is 1. The third-order valence-corrected chi connectivity index (χ3v) is 7.34. The molecule has 0 radical (unpaired) electrons. The molecule has 2 aromatic rings. The van der Waals surface area contributed by atoms with Crippen LogP contribution in [-0.4, -0.2) is 59.6 Å². The lowest BCUT2D eigenvalue weighted by Gasteiger charge is -2.30. The fourth-order valence-electron chi connectivity index (χ4n) is 4.36. The maximum atomic E-state index is 12.9. The average Bonchev–Trinajstić information content (AvgIpc) is 3.40. The van der Waals surface area contributed by atoms with Crippen molar-refractivity contribution in [1.29, 1.82) is 0 Å². The van der Waals surface area contributed by atoms with Crippen molar-refractivity contribution < 1.29 is 19.1 Å². The second-order valence-electron chi connectivity index (χ2n) is 8.81. The molecule has 3 amide bonds. The Morgan fingerprint density at radius 3 is 2.51 bits per heavy atom. The number of nitrogens with one attached hydrogen (secondary N) is 2. The van der Waals surface area contributed by atoms with Crippen molar-refractivity contribution in [2.24, 2.45) is 5.92 Å². The minimum absolute atomic E-state index is 0.0712. The van der Waals surface area contributed by atoms with Crippen molar-refractivity contribution in [2.45, 2.75) is 44.9 Å². The average molecular weight is 498 g/mol. The van der Waals surface area contributed by atoms with Gasteiger partial charge in [-0.05, 0) is 69.2 Å². The van der Waals surface area contributed by atoms with Crippen LogP contribution in [0.4, 0.5) is 5.69 Å². The van der Waals surface area contributed by atoms with Gasteiger partial charge in [-0.25, -0.2) is 0 Å². The summed E-state index contributed by atoms with van der Waals surface area (Å²) in [6, 6.07) is 6.92. The van der Waals surface area contributed by atoms with Crippen molar-refractivity contribution >= 4 is 34.7 Å². The first-order valence-electron chi connectivity index (χ1n) is 12.1. The quantitative estimate of drug-likeness (QED) is 0.538. The van der Waals surface area contributed by atoms with Crippen molar-refractivity contribution in [3.05, 3.63) is 45.9 Å². The Kier molecular flexibility index (Phi) is 8.46. The number of carbonyl (C=O) groups excluding carboxylic acids is 3. The Hall–Kier alpha value is -3.27. The first-order chi connectivity index (χ1) is 17.0. The Bertz CT molecular complexity index is 1070. The van der Waals surface area contributed by atoms with Gasteiger partial charge in [0.1, 0.15) is 5.75 Å². The normalized spacial score (nSPS) is 16.4. The zero-order chi connectivity index (χ0) is 24.6. The molecule has 0 spiro atoms. The van der Waals surface area contributed by atoms with Gasteiger partial charge in [0.25, 0.3) is 11.8 Å². The van der Waals surface area contributed by atoms with Crippen LogP contribution in [0, 0.1) is 5.92 Å². The van der Waals surface area contributed by atoms with Gasteiger partial charge in [-0.15, -0.1) is 10.2 Å². The molecule has 1 aromatic heterocycles. The molecular formula is C25H31N5O4S. The molecule has 0 saturated carbocycles. The number of anilines is 1. The number of rotatable bonds is 8. The topological polar surface area (TPSA) is 114 Å². The van der Waals surface area contributed by atoms with E-state index in [0.717, 1.165) is 30.6 Å². The maximum absolute atomic E-state index is 12.9. The van der Waals surface area contributed by atoms with E-state index in [-0.39, 0.29) is 27.7 Å². The highest BCUT2D eigenvalue weighted by atomic mass is 32.1. The number of aromatic nitrogens is 2. The number of hydrogen-bond donors (Lipinski definition) is 2. The maximum Gasteiger partial charge on any atom is 0.286 e. The summed E-state index contributed by atoms with van der Waals surface area (Å²) in [6.07, 6.45) is 9.27. The molecule has 0 unspecified atom stereocenters. The molecule has 2 aliphatic rings. The van der Waals surface area contributed by atoms with Crippen LogP contribution < -0.4 is 15.4 Å². The van der Waals surface area contributed by atoms with Crippen LogP contribution >= 0.6 is 11.3 Å². The highest BCUT2D eigenvalue weighted by molar-refractivity contribution is 7.15. The summed E-state index contributed by atoms with van der Waals surface area (Å²) < 4.78 is 5.11. The fraction of sp³-hybridized carbons (Fsp3) is 0.480. The van der Waals surface area contributed by atoms with Gasteiger partial charge in [-0.1, -0.05) is 23.0 Å². The predicted octanol–water partition coefficient (Wildman–Crippen LogP) is 3.66. The lowest BCUT2D eigenvalue weighted by Crippen LogP contribution is -2.43. The van der Waals surface area contributed by atoms with E-state index in [0.29, 0.717) is 43.9 Å². The van der Waals surface area contributed by atoms with Gasteiger partial charge in [0, 0.05) is 31.2 Å². The number of methoxy groups -OCH3 is 1. The number of hydrogen-bond acceptors (Lipinski definition) is 7. The van der Waals surface area contributed by atoms with E-state index in [9.17, 15) is 14.4 Å². The lowest BCUT2D eigenvalue weighted by molar-refractivity contribution is -0.126. The van der Waals surface area contributed by atoms with Gasteiger partial charge >= 0.3 is 0 Å². The van der Waals surface area contributed by atoms with Crippen LogP contribution in [0.2, 0.25) is 0 Å². The van der Waals surface area contributed by atoms with Gasteiger partial charge in [0.15, 0.2) is 0 Å². The van der Waals surface area contributed by atoms with Gasteiger partial charge < -0.3 is 20.3 Å². The highest BCUT2D eigenvalue weighted by Crippen LogP contribution is 2.23. The smallest absolute Gasteiger partial charge is 0.286 e. The van der Waals surface area contributed by atoms with Crippen LogP contribution in [-0.2, 0) is 4.79 Å². The molecule has 9 nitrogen and oxygen atoms in total. The third-order valence-electron chi connectivity index (χ3n) is 6.43. The zero-order valence-corrected chi connectivity index (χ0v) is 20.7. The Morgan fingerprint density at radius 2 is 1.83 bits per heavy atom. The Labute approximate surface area is 208 Å². The molecule has 35 heavy (non-hydrogen) atoms. The molecule has 186 valence electrons. The van der Waals surface area contributed by atoms with Crippen LogP contribution in [0.15, 0.2) is 35.9 Å². The van der Waals surface area contributed by atoms with Crippen molar-refractivity contribution in [2.75, 3.05) is 32.1 Å². The summed E-state index contributed by atoms with van der Waals surface area (Å²) in [7, 11) is 1.57. The SMILES string of the molecule is COc1ccc(NC(=O)c2nnc(C(=O)N3CCC(C(=O)NCCC4=CCCCC4)CC3)s2)cc1. The molecule has 2 N–H and O–H groups in total.